The molecule has 0 spiro atoms. The summed E-state index contributed by atoms with van der Waals surface area (Å²) >= 11 is 0. The Hall–Kier alpha value is -0.0800. The number of aliphatic imine (C=N–C) groups is 1. The Morgan fingerprint density at radius 1 is 1.29 bits per heavy atom. The number of nitrogens with one attached hydrogen (secondary N) is 1. The maximum absolute atomic E-state index is 5.82. The van der Waals surface area contributed by atoms with Crippen LogP contribution in [0, 0.1) is 5.92 Å². The molecule has 144 valence electrons. The lowest BCUT2D eigenvalue weighted by Crippen LogP contribution is -2.44. The van der Waals surface area contributed by atoms with Crippen LogP contribution in [0.5, 0.6) is 0 Å². The molecule has 2 atom stereocenters. The van der Waals surface area contributed by atoms with E-state index in [1.165, 1.54) is 6.42 Å². The van der Waals surface area contributed by atoms with Crippen LogP contribution in [0.2, 0.25) is 0 Å². The second-order valence-corrected chi connectivity index (χ2v) is 6.61. The second kappa shape index (κ2) is 13.2. The van der Waals surface area contributed by atoms with Crippen LogP contribution in [-0.2, 0) is 4.74 Å². The third kappa shape index (κ3) is 7.44. The van der Waals surface area contributed by atoms with Gasteiger partial charge < -0.3 is 15.0 Å². The zero-order chi connectivity index (χ0) is 17.2. The Labute approximate surface area is 166 Å². The molecule has 5 nitrogen and oxygen atoms in total. The normalized spacial score (nSPS) is 19.8. The zero-order valence-electron chi connectivity index (χ0n) is 16.5. The number of ether oxygens (including phenoxy) is 1. The van der Waals surface area contributed by atoms with Crippen molar-refractivity contribution in [1.82, 2.24) is 15.1 Å². The topological polar surface area (TPSA) is 40.1 Å². The van der Waals surface area contributed by atoms with Crippen molar-refractivity contribution in [3.8, 4) is 0 Å². The largest absolute Gasteiger partial charge is 0.378 e. The Bertz CT molecular complexity index is 348. The Balaban J connectivity index is 0.00000529. The van der Waals surface area contributed by atoms with E-state index in [-0.39, 0.29) is 24.0 Å². The van der Waals surface area contributed by atoms with Crippen LogP contribution in [0.1, 0.15) is 47.5 Å². The van der Waals surface area contributed by atoms with E-state index in [0.717, 1.165) is 51.7 Å². The van der Waals surface area contributed by atoms with Crippen molar-refractivity contribution in [3.63, 3.8) is 0 Å². The summed E-state index contributed by atoms with van der Waals surface area (Å²) in [5.41, 5.74) is 0. The number of nitrogens with zero attached hydrogens (tertiary/aromatic N) is 3. The van der Waals surface area contributed by atoms with Crippen LogP contribution < -0.4 is 5.32 Å². The predicted molar refractivity (Wildman–Crippen MR) is 115 cm³/mol. The highest BCUT2D eigenvalue weighted by atomic mass is 127. The minimum atomic E-state index is 0. The number of halogens is 1. The first-order valence-electron chi connectivity index (χ1n) is 9.38. The molecule has 0 amide bonds. The monoisotopic (exact) mass is 454 g/mol. The van der Waals surface area contributed by atoms with Crippen LogP contribution >= 0.6 is 24.0 Å². The fraction of sp³-hybridized carbons (Fsp3) is 0.944. The van der Waals surface area contributed by atoms with E-state index in [1.54, 1.807) is 0 Å². The van der Waals surface area contributed by atoms with E-state index < -0.39 is 0 Å². The molecule has 0 aromatic carbocycles. The van der Waals surface area contributed by atoms with Crippen molar-refractivity contribution in [2.75, 3.05) is 46.4 Å². The molecule has 0 bridgehead atoms. The number of hydrogen-bond acceptors (Lipinski definition) is 3. The average molecular weight is 454 g/mol. The summed E-state index contributed by atoms with van der Waals surface area (Å²) in [4.78, 5) is 9.42. The molecular formula is C18H39IN4O. The minimum absolute atomic E-state index is 0. The van der Waals surface area contributed by atoms with Gasteiger partial charge in [0.1, 0.15) is 0 Å². The van der Waals surface area contributed by atoms with Gasteiger partial charge in [-0.25, -0.2) is 0 Å². The van der Waals surface area contributed by atoms with Gasteiger partial charge in [-0.05, 0) is 38.8 Å². The summed E-state index contributed by atoms with van der Waals surface area (Å²) in [6.45, 7) is 17.2. The van der Waals surface area contributed by atoms with Gasteiger partial charge in [0.25, 0.3) is 0 Å². The van der Waals surface area contributed by atoms with Gasteiger partial charge in [0.15, 0.2) is 5.96 Å². The fourth-order valence-corrected chi connectivity index (χ4v) is 3.45. The Kier molecular flexibility index (Phi) is 13.1. The first-order valence-corrected chi connectivity index (χ1v) is 9.38. The third-order valence-corrected chi connectivity index (χ3v) is 4.84. The quantitative estimate of drug-likeness (QED) is 0.330. The van der Waals surface area contributed by atoms with E-state index in [4.69, 9.17) is 4.74 Å². The molecule has 1 fully saturated rings. The summed E-state index contributed by atoms with van der Waals surface area (Å²) in [7, 11) is 1.88. The first kappa shape index (κ1) is 23.9. The van der Waals surface area contributed by atoms with Gasteiger partial charge in [-0.15, -0.1) is 24.0 Å². The number of rotatable bonds is 9. The van der Waals surface area contributed by atoms with Crippen molar-refractivity contribution >= 4 is 29.9 Å². The van der Waals surface area contributed by atoms with Gasteiger partial charge in [0.05, 0.1) is 6.10 Å². The number of hydrogen-bond donors (Lipinski definition) is 1. The second-order valence-electron chi connectivity index (χ2n) is 6.61. The van der Waals surface area contributed by atoms with E-state index in [1.807, 2.05) is 7.05 Å². The van der Waals surface area contributed by atoms with Crippen LogP contribution in [0.15, 0.2) is 4.99 Å². The van der Waals surface area contributed by atoms with E-state index in [0.29, 0.717) is 18.1 Å². The highest BCUT2D eigenvalue weighted by Gasteiger charge is 2.28. The fourth-order valence-electron chi connectivity index (χ4n) is 3.45. The van der Waals surface area contributed by atoms with Gasteiger partial charge in [-0.3, -0.25) is 9.89 Å². The summed E-state index contributed by atoms with van der Waals surface area (Å²) in [5.74, 6) is 1.59. The van der Waals surface area contributed by atoms with Crippen LogP contribution in [0.25, 0.3) is 0 Å². The summed E-state index contributed by atoms with van der Waals surface area (Å²) < 4.78 is 5.82. The lowest BCUT2D eigenvalue weighted by molar-refractivity contribution is 0.0257. The van der Waals surface area contributed by atoms with Gasteiger partial charge >= 0.3 is 0 Å². The molecule has 1 heterocycles. The molecule has 1 rings (SSSR count). The average Bonchev–Trinajstić information content (AvgIpc) is 3.01. The van der Waals surface area contributed by atoms with E-state index >= 15 is 0 Å². The molecule has 1 aliphatic rings. The smallest absolute Gasteiger partial charge is 0.193 e. The number of likely N-dealkylation sites (N-methyl/N-ethyl adjacent to an activating group) is 1. The molecule has 0 aromatic rings. The summed E-state index contributed by atoms with van der Waals surface area (Å²) in [6, 6.07) is 0.662. The lowest BCUT2D eigenvalue weighted by Gasteiger charge is -2.27. The molecule has 0 aliphatic carbocycles. The van der Waals surface area contributed by atoms with Crippen molar-refractivity contribution in [1.29, 1.82) is 0 Å². The molecule has 1 aliphatic heterocycles. The van der Waals surface area contributed by atoms with E-state index in [9.17, 15) is 0 Å². The maximum atomic E-state index is 5.82. The van der Waals surface area contributed by atoms with Crippen molar-refractivity contribution in [2.45, 2.75) is 59.6 Å². The molecule has 0 saturated carbocycles. The van der Waals surface area contributed by atoms with E-state index in [2.05, 4.69) is 54.7 Å². The zero-order valence-corrected chi connectivity index (χ0v) is 18.9. The van der Waals surface area contributed by atoms with Gasteiger partial charge in [-0.1, -0.05) is 27.7 Å². The molecular weight excluding hydrogens is 415 g/mol. The van der Waals surface area contributed by atoms with Crippen LogP contribution in [-0.4, -0.2) is 74.3 Å². The van der Waals surface area contributed by atoms with Crippen molar-refractivity contribution in [3.05, 3.63) is 0 Å². The SMILES string of the molecule is CCOC(CCNC(=NC)N1CCC(N(CC)CC)C1)C(C)C.I. The maximum Gasteiger partial charge on any atom is 0.193 e. The molecule has 24 heavy (non-hydrogen) atoms. The number of likely N-dealkylation sites (tertiary alicyclic amines) is 1. The Morgan fingerprint density at radius 2 is 1.96 bits per heavy atom. The highest BCUT2D eigenvalue weighted by molar-refractivity contribution is 14.0. The minimum Gasteiger partial charge on any atom is -0.378 e. The summed E-state index contributed by atoms with van der Waals surface area (Å²) in [6.07, 6.45) is 2.58. The highest BCUT2D eigenvalue weighted by Crippen LogP contribution is 2.16. The third-order valence-electron chi connectivity index (χ3n) is 4.84. The molecule has 1 saturated heterocycles. The number of guanidine groups is 1. The van der Waals surface area contributed by atoms with Crippen LogP contribution in [0.4, 0.5) is 0 Å². The standard InChI is InChI=1S/C18H38N4O.HI/c1-7-21(8-2)16-11-13-22(14-16)18(19-6)20-12-10-17(15(4)5)23-9-3;/h15-17H,7-14H2,1-6H3,(H,19,20);1H. The lowest BCUT2D eigenvalue weighted by atomic mass is 10.0. The van der Waals surface area contributed by atoms with Gasteiger partial charge in [0.2, 0.25) is 0 Å². The Morgan fingerprint density at radius 3 is 2.46 bits per heavy atom. The van der Waals surface area contributed by atoms with Gasteiger partial charge in [0, 0.05) is 39.3 Å². The van der Waals surface area contributed by atoms with Crippen molar-refractivity contribution < 1.29 is 4.74 Å². The van der Waals surface area contributed by atoms with Gasteiger partial charge in [-0.2, -0.15) is 0 Å². The van der Waals surface area contributed by atoms with Crippen molar-refractivity contribution in [2.24, 2.45) is 10.9 Å². The molecule has 0 aromatic heterocycles. The predicted octanol–water partition coefficient (Wildman–Crippen LogP) is 3.05. The first-order chi connectivity index (χ1) is 11.1. The molecule has 1 N–H and O–H groups in total. The summed E-state index contributed by atoms with van der Waals surface area (Å²) in [5, 5.41) is 3.53. The molecule has 6 heteroatoms. The molecule has 2 unspecified atom stereocenters. The van der Waals surface area contributed by atoms with Crippen LogP contribution in [0.3, 0.4) is 0 Å². The molecule has 0 radical (unpaired) electrons.